The molecule has 2 heteroatoms. The van der Waals surface area contributed by atoms with E-state index in [-0.39, 0.29) is 0 Å². The van der Waals surface area contributed by atoms with Crippen LogP contribution in [0.2, 0.25) is 5.02 Å². The number of benzene rings is 2. The van der Waals surface area contributed by atoms with Crippen molar-refractivity contribution in [2.75, 3.05) is 7.05 Å². The Hall–Kier alpha value is -1.31. The van der Waals surface area contributed by atoms with Gasteiger partial charge in [-0.15, -0.1) is 0 Å². The molecule has 1 N–H and O–H groups in total. The third-order valence-electron chi connectivity index (χ3n) is 3.50. The highest BCUT2D eigenvalue weighted by atomic mass is 35.5. The summed E-state index contributed by atoms with van der Waals surface area (Å²) in [4.78, 5) is 0. The topological polar surface area (TPSA) is 12.0 Å². The summed E-state index contributed by atoms with van der Waals surface area (Å²) in [5.74, 6) is 0. The molecule has 0 aromatic heterocycles. The molecular formula is C18H22ClN. The van der Waals surface area contributed by atoms with Gasteiger partial charge in [-0.1, -0.05) is 61.3 Å². The van der Waals surface area contributed by atoms with Crippen molar-refractivity contribution >= 4 is 11.6 Å². The van der Waals surface area contributed by atoms with Crippen LogP contribution in [0.1, 0.15) is 30.9 Å². The normalized spacial score (nSPS) is 10.8. The molecule has 2 aromatic carbocycles. The molecule has 0 saturated heterocycles. The Labute approximate surface area is 127 Å². The minimum absolute atomic E-state index is 0.819. The average molecular weight is 288 g/mol. The molecule has 0 aliphatic rings. The molecule has 0 amide bonds. The van der Waals surface area contributed by atoms with Gasteiger partial charge in [-0.3, -0.25) is 0 Å². The number of nitrogens with one attached hydrogen (secondary N) is 1. The van der Waals surface area contributed by atoms with E-state index >= 15 is 0 Å². The van der Waals surface area contributed by atoms with E-state index in [0.717, 1.165) is 23.6 Å². The summed E-state index contributed by atoms with van der Waals surface area (Å²) in [6.45, 7) is 3.07. The Morgan fingerprint density at radius 2 is 1.70 bits per heavy atom. The molecule has 0 unspecified atom stereocenters. The number of aryl methyl sites for hydroxylation is 1. The standard InChI is InChI=1S/C18H22ClN/c1-3-4-5-14-6-9-16(10-7-14)17-11-8-15(13-20-2)12-18(17)19/h6-12,20H,3-5,13H2,1-2H3. The number of hydrogen-bond acceptors (Lipinski definition) is 1. The van der Waals surface area contributed by atoms with Gasteiger partial charge in [0, 0.05) is 17.1 Å². The molecule has 1 nitrogen and oxygen atoms in total. The summed E-state index contributed by atoms with van der Waals surface area (Å²) >= 11 is 6.40. The molecule has 0 aliphatic carbocycles. The number of rotatable bonds is 6. The lowest BCUT2D eigenvalue weighted by Crippen LogP contribution is -2.04. The lowest BCUT2D eigenvalue weighted by atomic mass is 10.0. The van der Waals surface area contributed by atoms with Crippen molar-refractivity contribution in [2.45, 2.75) is 32.7 Å². The van der Waals surface area contributed by atoms with Crippen LogP contribution < -0.4 is 5.32 Å². The van der Waals surface area contributed by atoms with Gasteiger partial charge in [0.05, 0.1) is 0 Å². The first kappa shape index (κ1) is 15.1. The molecule has 20 heavy (non-hydrogen) atoms. The fraction of sp³-hybridized carbons (Fsp3) is 0.333. The molecule has 0 saturated carbocycles. The van der Waals surface area contributed by atoms with Crippen molar-refractivity contribution in [1.29, 1.82) is 0 Å². The van der Waals surface area contributed by atoms with E-state index in [2.05, 4.69) is 48.6 Å². The lowest BCUT2D eigenvalue weighted by molar-refractivity contribution is 0.795. The molecular weight excluding hydrogens is 266 g/mol. The van der Waals surface area contributed by atoms with Crippen LogP contribution in [0.25, 0.3) is 11.1 Å². The van der Waals surface area contributed by atoms with Crippen molar-refractivity contribution < 1.29 is 0 Å². The smallest absolute Gasteiger partial charge is 0.0487 e. The Morgan fingerprint density at radius 3 is 2.30 bits per heavy atom. The van der Waals surface area contributed by atoms with E-state index in [1.807, 2.05) is 13.1 Å². The van der Waals surface area contributed by atoms with Gasteiger partial charge in [-0.25, -0.2) is 0 Å². The van der Waals surface area contributed by atoms with Crippen LogP contribution in [0.4, 0.5) is 0 Å². The summed E-state index contributed by atoms with van der Waals surface area (Å²) in [5.41, 5.74) is 4.90. The second-order valence-electron chi connectivity index (χ2n) is 5.15. The maximum absolute atomic E-state index is 6.40. The van der Waals surface area contributed by atoms with E-state index in [4.69, 9.17) is 11.6 Å². The van der Waals surface area contributed by atoms with Crippen LogP contribution in [-0.2, 0) is 13.0 Å². The summed E-state index contributed by atoms with van der Waals surface area (Å²) < 4.78 is 0. The number of hydrogen-bond donors (Lipinski definition) is 1. The molecule has 2 aromatic rings. The summed E-state index contributed by atoms with van der Waals surface area (Å²) in [5, 5.41) is 3.96. The van der Waals surface area contributed by atoms with E-state index in [0.29, 0.717) is 0 Å². The molecule has 0 bridgehead atoms. The highest BCUT2D eigenvalue weighted by molar-refractivity contribution is 6.33. The fourth-order valence-corrected chi connectivity index (χ4v) is 2.65. The first-order chi connectivity index (χ1) is 9.74. The largest absolute Gasteiger partial charge is 0.316 e. The Morgan fingerprint density at radius 1 is 1.00 bits per heavy atom. The zero-order chi connectivity index (χ0) is 14.4. The molecule has 0 spiro atoms. The zero-order valence-electron chi connectivity index (χ0n) is 12.2. The van der Waals surface area contributed by atoms with E-state index in [9.17, 15) is 0 Å². The zero-order valence-corrected chi connectivity index (χ0v) is 13.0. The quantitative estimate of drug-likeness (QED) is 0.782. The molecule has 106 valence electrons. The highest BCUT2D eigenvalue weighted by Crippen LogP contribution is 2.29. The second-order valence-corrected chi connectivity index (χ2v) is 5.55. The summed E-state index contributed by atoms with van der Waals surface area (Å²) in [6.07, 6.45) is 3.64. The van der Waals surface area contributed by atoms with Crippen LogP contribution >= 0.6 is 11.6 Å². The minimum Gasteiger partial charge on any atom is -0.316 e. The number of halogens is 1. The fourth-order valence-electron chi connectivity index (χ4n) is 2.34. The van der Waals surface area contributed by atoms with Crippen molar-refractivity contribution in [3.63, 3.8) is 0 Å². The second kappa shape index (κ2) is 7.47. The van der Waals surface area contributed by atoms with Gasteiger partial charge < -0.3 is 5.32 Å². The Balaban J connectivity index is 2.18. The predicted octanol–water partition coefficient (Wildman–Crippen LogP) is 5.07. The third kappa shape index (κ3) is 3.84. The molecule has 0 aliphatic heterocycles. The van der Waals surface area contributed by atoms with Gasteiger partial charge in [0.25, 0.3) is 0 Å². The van der Waals surface area contributed by atoms with Crippen molar-refractivity contribution in [3.8, 4) is 11.1 Å². The minimum atomic E-state index is 0.819. The summed E-state index contributed by atoms with van der Waals surface area (Å²) in [6, 6.07) is 15.0. The first-order valence-corrected chi connectivity index (χ1v) is 7.64. The SMILES string of the molecule is CCCCc1ccc(-c2ccc(CNC)cc2Cl)cc1. The third-order valence-corrected chi connectivity index (χ3v) is 3.81. The lowest BCUT2D eigenvalue weighted by Gasteiger charge is -2.08. The van der Waals surface area contributed by atoms with Gasteiger partial charge >= 0.3 is 0 Å². The Bertz CT molecular complexity index is 546. The van der Waals surface area contributed by atoms with Gasteiger partial charge in [0.1, 0.15) is 0 Å². The van der Waals surface area contributed by atoms with Crippen molar-refractivity contribution in [3.05, 3.63) is 58.6 Å². The van der Waals surface area contributed by atoms with Crippen LogP contribution in [0.15, 0.2) is 42.5 Å². The highest BCUT2D eigenvalue weighted by Gasteiger charge is 2.04. The van der Waals surface area contributed by atoms with Gasteiger partial charge in [-0.2, -0.15) is 0 Å². The van der Waals surface area contributed by atoms with Crippen molar-refractivity contribution in [2.24, 2.45) is 0 Å². The van der Waals surface area contributed by atoms with Gasteiger partial charge in [-0.05, 0) is 42.6 Å². The van der Waals surface area contributed by atoms with Gasteiger partial charge in [0.15, 0.2) is 0 Å². The van der Waals surface area contributed by atoms with Gasteiger partial charge in [0.2, 0.25) is 0 Å². The van der Waals surface area contributed by atoms with Crippen LogP contribution in [0, 0.1) is 0 Å². The maximum atomic E-state index is 6.40. The molecule has 2 rings (SSSR count). The van der Waals surface area contributed by atoms with E-state index in [1.165, 1.54) is 29.5 Å². The molecule has 0 atom stereocenters. The monoisotopic (exact) mass is 287 g/mol. The average Bonchev–Trinajstić information content (AvgIpc) is 2.46. The maximum Gasteiger partial charge on any atom is 0.0487 e. The molecule has 0 heterocycles. The first-order valence-electron chi connectivity index (χ1n) is 7.27. The van der Waals surface area contributed by atoms with E-state index in [1.54, 1.807) is 0 Å². The molecule has 0 fully saturated rings. The van der Waals surface area contributed by atoms with Crippen molar-refractivity contribution in [1.82, 2.24) is 5.32 Å². The van der Waals surface area contributed by atoms with Crippen LogP contribution in [0.3, 0.4) is 0 Å². The van der Waals surface area contributed by atoms with Crippen LogP contribution in [0.5, 0.6) is 0 Å². The number of unbranched alkanes of at least 4 members (excludes halogenated alkanes) is 1. The predicted molar refractivity (Wildman–Crippen MR) is 88.3 cm³/mol. The van der Waals surface area contributed by atoms with E-state index < -0.39 is 0 Å². The summed E-state index contributed by atoms with van der Waals surface area (Å²) in [7, 11) is 1.94. The Kier molecular flexibility index (Phi) is 5.63. The van der Waals surface area contributed by atoms with Crippen LogP contribution in [-0.4, -0.2) is 7.05 Å². The molecule has 0 radical (unpaired) electrons.